The summed E-state index contributed by atoms with van der Waals surface area (Å²) in [5, 5.41) is 3.19. The fourth-order valence-corrected chi connectivity index (χ4v) is 2.56. The molecule has 0 aliphatic carbocycles. The average molecular weight is 246 g/mol. The van der Waals surface area contributed by atoms with Crippen molar-refractivity contribution in [3.8, 4) is 0 Å². The van der Waals surface area contributed by atoms with Gasteiger partial charge in [-0.2, -0.15) is 0 Å². The average Bonchev–Trinajstić information content (AvgIpc) is 2.78. The fraction of sp³-hybridized carbons (Fsp3) is 0.357. The van der Waals surface area contributed by atoms with Gasteiger partial charge in [-0.15, -0.1) is 11.3 Å². The van der Waals surface area contributed by atoms with E-state index in [9.17, 15) is 0 Å². The van der Waals surface area contributed by atoms with Crippen LogP contribution in [0.4, 0.5) is 10.8 Å². The monoisotopic (exact) mass is 246 g/mol. The summed E-state index contributed by atoms with van der Waals surface area (Å²) in [6.45, 7) is 6.57. The Morgan fingerprint density at radius 3 is 2.29 bits per heavy atom. The summed E-state index contributed by atoms with van der Waals surface area (Å²) in [5.41, 5.74) is 2.44. The van der Waals surface area contributed by atoms with Crippen LogP contribution < -0.4 is 4.90 Å². The molecule has 0 saturated heterocycles. The van der Waals surface area contributed by atoms with Gasteiger partial charge in [0.2, 0.25) is 0 Å². The Labute approximate surface area is 107 Å². The molecule has 0 N–H and O–H groups in total. The van der Waals surface area contributed by atoms with Crippen LogP contribution >= 0.6 is 11.3 Å². The summed E-state index contributed by atoms with van der Waals surface area (Å²) in [7, 11) is 2.06. The Balaban J connectivity index is 2.27. The summed E-state index contributed by atoms with van der Waals surface area (Å²) < 4.78 is 0. The van der Waals surface area contributed by atoms with E-state index >= 15 is 0 Å². The molecule has 2 rings (SSSR count). The van der Waals surface area contributed by atoms with Gasteiger partial charge in [-0.25, -0.2) is 4.98 Å². The molecule has 0 aliphatic rings. The fourth-order valence-electron chi connectivity index (χ4n) is 1.52. The van der Waals surface area contributed by atoms with Gasteiger partial charge >= 0.3 is 0 Å². The Bertz CT molecular complexity index is 482. The lowest BCUT2D eigenvalue weighted by molar-refractivity contribution is 0.573. The summed E-state index contributed by atoms with van der Waals surface area (Å²) in [4.78, 5) is 6.83. The highest BCUT2D eigenvalue weighted by Crippen LogP contribution is 2.31. The number of nitrogens with zero attached hydrogens (tertiary/aromatic N) is 2. The maximum absolute atomic E-state index is 4.70. The quantitative estimate of drug-likeness (QED) is 0.789. The molecule has 90 valence electrons. The van der Waals surface area contributed by atoms with Crippen LogP contribution in [0.25, 0.3) is 0 Å². The van der Waals surface area contributed by atoms with Crippen LogP contribution in [-0.4, -0.2) is 12.0 Å². The maximum atomic E-state index is 4.70. The van der Waals surface area contributed by atoms with Crippen molar-refractivity contribution in [2.75, 3.05) is 11.9 Å². The van der Waals surface area contributed by atoms with Gasteiger partial charge < -0.3 is 4.90 Å². The van der Waals surface area contributed by atoms with Crippen molar-refractivity contribution in [3.05, 3.63) is 41.4 Å². The van der Waals surface area contributed by atoms with Crippen LogP contribution in [0.15, 0.2) is 35.7 Å². The number of benzene rings is 1. The van der Waals surface area contributed by atoms with Gasteiger partial charge in [0.15, 0.2) is 5.13 Å². The van der Waals surface area contributed by atoms with Gasteiger partial charge in [0, 0.05) is 23.5 Å². The van der Waals surface area contributed by atoms with Crippen molar-refractivity contribution >= 4 is 22.2 Å². The van der Waals surface area contributed by atoms with Crippen molar-refractivity contribution in [3.63, 3.8) is 0 Å². The highest BCUT2D eigenvalue weighted by Gasteiger charge is 2.18. The Morgan fingerprint density at radius 2 is 1.76 bits per heavy atom. The van der Waals surface area contributed by atoms with E-state index in [4.69, 9.17) is 4.98 Å². The Morgan fingerprint density at radius 1 is 1.12 bits per heavy atom. The van der Waals surface area contributed by atoms with E-state index < -0.39 is 0 Å². The van der Waals surface area contributed by atoms with Crippen LogP contribution in [0.1, 0.15) is 26.5 Å². The summed E-state index contributed by atoms with van der Waals surface area (Å²) in [6.07, 6.45) is 0. The van der Waals surface area contributed by atoms with Gasteiger partial charge in [0.1, 0.15) is 0 Å². The zero-order valence-corrected chi connectivity index (χ0v) is 11.6. The van der Waals surface area contributed by atoms with Gasteiger partial charge in [-0.05, 0) is 12.1 Å². The first-order valence-corrected chi connectivity index (χ1v) is 6.61. The van der Waals surface area contributed by atoms with Crippen molar-refractivity contribution in [2.24, 2.45) is 0 Å². The number of aromatic nitrogens is 1. The Kier molecular flexibility index (Phi) is 3.20. The van der Waals surface area contributed by atoms with Crippen LogP contribution in [0.5, 0.6) is 0 Å². The molecule has 1 aromatic heterocycles. The van der Waals surface area contributed by atoms with E-state index in [0.29, 0.717) is 0 Å². The molecule has 0 atom stereocenters. The molecule has 3 heteroatoms. The van der Waals surface area contributed by atoms with E-state index in [0.717, 1.165) is 10.8 Å². The maximum Gasteiger partial charge on any atom is 0.189 e. The van der Waals surface area contributed by atoms with Crippen LogP contribution in [-0.2, 0) is 5.41 Å². The minimum absolute atomic E-state index is 0.117. The second-order valence-corrected chi connectivity index (χ2v) is 6.00. The number of hydrogen-bond donors (Lipinski definition) is 0. The molecular formula is C14H18N2S. The van der Waals surface area contributed by atoms with E-state index in [1.165, 1.54) is 5.69 Å². The van der Waals surface area contributed by atoms with E-state index in [2.05, 4.69) is 50.2 Å². The van der Waals surface area contributed by atoms with Crippen molar-refractivity contribution in [2.45, 2.75) is 26.2 Å². The Hall–Kier alpha value is -1.35. The highest BCUT2D eigenvalue weighted by molar-refractivity contribution is 7.13. The molecular weight excluding hydrogens is 228 g/mol. The molecule has 2 nitrogen and oxygen atoms in total. The van der Waals surface area contributed by atoms with Crippen LogP contribution in [0.3, 0.4) is 0 Å². The first kappa shape index (κ1) is 12.1. The zero-order valence-electron chi connectivity index (χ0n) is 10.8. The number of thiazole rings is 1. The van der Waals surface area contributed by atoms with Crippen molar-refractivity contribution < 1.29 is 0 Å². The highest BCUT2D eigenvalue weighted by atomic mass is 32.1. The lowest BCUT2D eigenvalue weighted by atomic mass is 9.93. The lowest BCUT2D eigenvalue weighted by Gasteiger charge is -2.17. The lowest BCUT2D eigenvalue weighted by Crippen LogP contribution is -2.13. The number of rotatable bonds is 2. The molecule has 0 spiro atoms. The molecule has 1 heterocycles. The smallest absolute Gasteiger partial charge is 0.189 e. The molecule has 0 unspecified atom stereocenters. The van der Waals surface area contributed by atoms with Crippen molar-refractivity contribution in [1.29, 1.82) is 0 Å². The number of hydrogen-bond acceptors (Lipinski definition) is 3. The van der Waals surface area contributed by atoms with Gasteiger partial charge in [0.05, 0.1) is 5.69 Å². The minimum atomic E-state index is 0.117. The third-order valence-corrected chi connectivity index (χ3v) is 3.61. The van der Waals surface area contributed by atoms with E-state index in [-0.39, 0.29) is 5.41 Å². The zero-order chi connectivity index (χ0) is 12.5. The van der Waals surface area contributed by atoms with Crippen LogP contribution in [0.2, 0.25) is 0 Å². The van der Waals surface area contributed by atoms with Gasteiger partial charge in [0.25, 0.3) is 0 Å². The topological polar surface area (TPSA) is 16.1 Å². The molecule has 0 bridgehead atoms. The minimum Gasteiger partial charge on any atom is -0.321 e. The normalized spacial score (nSPS) is 11.5. The first-order valence-electron chi connectivity index (χ1n) is 5.73. The molecule has 0 aliphatic heterocycles. The van der Waals surface area contributed by atoms with Gasteiger partial charge in [-0.1, -0.05) is 39.0 Å². The van der Waals surface area contributed by atoms with Crippen LogP contribution in [0, 0.1) is 0 Å². The van der Waals surface area contributed by atoms with E-state index in [1.54, 1.807) is 11.3 Å². The SMILES string of the molecule is CN(c1ccccc1)c1nc(C(C)(C)C)cs1. The predicted octanol–water partition coefficient (Wildman–Crippen LogP) is 4.21. The predicted molar refractivity (Wildman–Crippen MR) is 75.3 cm³/mol. The molecule has 0 fully saturated rings. The number of anilines is 2. The molecule has 0 amide bonds. The van der Waals surface area contributed by atoms with Crippen molar-refractivity contribution in [1.82, 2.24) is 4.98 Å². The molecule has 1 aromatic carbocycles. The summed E-state index contributed by atoms with van der Waals surface area (Å²) in [5.74, 6) is 0. The first-order chi connectivity index (χ1) is 7.98. The van der Waals surface area contributed by atoms with E-state index in [1.807, 2.05) is 18.2 Å². The third-order valence-electron chi connectivity index (χ3n) is 2.69. The summed E-state index contributed by atoms with van der Waals surface area (Å²) in [6, 6.07) is 10.3. The molecule has 2 aromatic rings. The molecule has 17 heavy (non-hydrogen) atoms. The second kappa shape index (κ2) is 4.49. The third kappa shape index (κ3) is 2.67. The summed E-state index contributed by atoms with van der Waals surface area (Å²) >= 11 is 1.69. The van der Waals surface area contributed by atoms with Gasteiger partial charge in [-0.3, -0.25) is 0 Å². The molecule has 0 radical (unpaired) electrons. The number of para-hydroxylation sites is 1. The standard InChI is InChI=1S/C14H18N2S/c1-14(2,3)12-10-17-13(15-12)16(4)11-8-6-5-7-9-11/h5-10H,1-4H3. The second-order valence-electron chi connectivity index (χ2n) is 5.16. The molecule has 0 saturated carbocycles. The largest absolute Gasteiger partial charge is 0.321 e.